The molecule has 0 radical (unpaired) electrons. The molecular formula is C5H6N2O2. The van der Waals surface area contributed by atoms with Crippen molar-refractivity contribution in [3.63, 3.8) is 0 Å². The predicted octanol–water partition coefficient (Wildman–Crippen LogP) is 0.378. The Morgan fingerprint density at radius 2 is 2.44 bits per heavy atom. The van der Waals surface area contributed by atoms with E-state index in [1.165, 1.54) is 0 Å². The molecule has 1 aromatic heterocycles. The van der Waals surface area contributed by atoms with Crippen molar-refractivity contribution in [1.29, 1.82) is 0 Å². The van der Waals surface area contributed by atoms with Crippen molar-refractivity contribution in [3.8, 4) is 0 Å². The van der Waals surface area contributed by atoms with Gasteiger partial charge in [-0.25, -0.2) is 0 Å². The monoisotopic (exact) mass is 126 g/mol. The highest BCUT2D eigenvalue weighted by molar-refractivity contribution is 5.77. The van der Waals surface area contributed by atoms with E-state index in [1.54, 1.807) is 6.92 Å². The Labute approximate surface area is 51.7 Å². The van der Waals surface area contributed by atoms with Crippen LogP contribution in [0.25, 0.3) is 0 Å². The summed E-state index contributed by atoms with van der Waals surface area (Å²) < 4.78 is 4.76. The average molecular weight is 126 g/mol. The average Bonchev–Trinajstić information content (AvgIpc) is 2.10. The van der Waals surface area contributed by atoms with E-state index in [0.717, 1.165) is 0 Å². The van der Waals surface area contributed by atoms with Gasteiger partial charge in [-0.2, -0.15) is 4.98 Å². The van der Waals surface area contributed by atoms with Crippen molar-refractivity contribution in [3.05, 3.63) is 11.7 Å². The minimum absolute atomic E-state index is 0.104. The molecule has 48 valence electrons. The summed E-state index contributed by atoms with van der Waals surface area (Å²) in [5.41, 5.74) is 5.22. The van der Waals surface area contributed by atoms with Gasteiger partial charge < -0.3 is 10.2 Å². The first-order valence-corrected chi connectivity index (χ1v) is 2.42. The van der Waals surface area contributed by atoms with Gasteiger partial charge in [0, 0.05) is 6.92 Å². The summed E-state index contributed by atoms with van der Waals surface area (Å²) in [7, 11) is 0. The normalized spacial score (nSPS) is 9.44. The van der Waals surface area contributed by atoms with Crippen LogP contribution in [0.3, 0.4) is 0 Å². The lowest BCUT2D eigenvalue weighted by atomic mass is 10.5. The highest BCUT2D eigenvalue weighted by Gasteiger charge is 2.03. The highest BCUT2D eigenvalue weighted by atomic mass is 16.4. The molecule has 4 nitrogen and oxygen atoms in total. The first-order valence-electron chi connectivity index (χ1n) is 2.42. The van der Waals surface area contributed by atoms with Gasteiger partial charge in [-0.05, 0) is 0 Å². The molecule has 2 N–H and O–H groups in total. The fourth-order valence-electron chi connectivity index (χ4n) is 0.543. The van der Waals surface area contributed by atoms with E-state index in [4.69, 9.17) is 10.2 Å². The molecule has 1 aromatic rings. The van der Waals surface area contributed by atoms with E-state index in [9.17, 15) is 4.79 Å². The molecule has 0 aromatic carbocycles. The maximum Gasteiger partial charge on any atom is 0.210 e. The van der Waals surface area contributed by atoms with Crippen molar-refractivity contribution in [2.75, 3.05) is 5.73 Å². The number of nitrogens with zero attached hydrogens (tertiary/aromatic N) is 1. The third-order valence-corrected chi connectivity index (χ3v) is 0.895. The van der Waals surface area contributed by atoms with E-state index >= 15 is 0 Å². The number of hydrogen-bond donors (Lipinski definition) is 1. The number of nitrogens with two attached hydrogens (primary N) is 1. The van der Waals surface area contributed by atoms with E-state index in [2.05, 4.69) is 4.98 Å². The molecule has 4 heteroatoms. The van der Waals surface area contributed by atoms with E-state index in [-0.39, 0.29) is 11.6 Å². The zero-order chi connectivity index (χ0) is 6.85. The van der Waals surface area contributed by atoms with Crippen LogP contribution in [0.1, 0.15) is 16.4 Å². The Balaban J connectivity index is 3.15. The summed E-state index contributed by atoms with van der Waals surface area (Å²) in [5.74, 6) is 0.671. The number of aryl methyl sites for hydroxylation is 1. The van der Waals surface area contributed by atoms with Crippen molar-refractivity contribution in [2.45, 2.75) is 6.92 Å². The topological polar surface area (TPSA) is 69.1 Å². The first kappa shape index (κ1) is 5.81. The van der Waals surface area contributed by atoms with Gasteiger partial charge in [-0.15, -0.1) is 0 Å². The van der Waals surface area contributed by atoms with Crippen LogP contribution in [-0.4, -0.2) is 11.3 Å². The molecule has 0 saturated carbocycles. The molecular weight excluding hydrogens is 120 g/mol. The molecule has 0 spiro atoms. The van der Waals surface area contributed by atoms with Crippen LogP contribution in [0.5, 0.6) is 0 Å². The Bertz CT molecular complexity index is 229. The molecule has 1 rings (SSSR count). The zero-order valence-electron chi connectivity index (χ0n) is 4.92. The van der Waals surface area contributed by atoms with Crippen LogP contribution in [0.4, 0.5) is 5.82 Å². The number of carbonyl (C=O) groups excluding carboxylic acids is 1. The van der Waals surface area contributed by atoms with Gasteiger partial charge in [-0.1, -0.05) is 0 Å². The van der Waals surface area contributed by atoms with Crippen LogP contribution in [0.2, 0.25) is 0 Å². The standard InChI is InChI=1S/C5H6N2O2/c1-3-7-5(6)4(2-8)9-3/h2H,6H2,1H3. The fraction of sp³-hybridized carbons (Fsp3) is 0.200. The zero-order valence-corrected chi connectivity index (χ0v) is 4.92. The number of carbonyl (C=O) groups is 1. The largest absolute Gasteiger partial charge is 0.436 e. The Hall–Kier alpha value is -1.32. The minimum Gasteiger partial charge on any atom is -0.436 e. The predicted molar refractivity (Wildman–Crippen MR) is 31.0 cm³/mol. The number of nitrogen functional groups attached to an aromatic ring is 1. The smallest absolute Gasteiger partial charge is 0.210 e. The fourth-order valence-corrected chi connectivity index (χ4v) is 0.543. The van der Waals surface area contributed by atoms with Crippen molar-refractivity contribution in [1.82, 2.24) is 4.98 Å². The first-order chi connectivity index (χ1) is 4.24. The number of hydrogen-bond acceptors (Lipinski definition) is 4. The van der Waals surface area contributed by atoms with E-state index in [1.807, 2.05) is 0 Å². The van der Waals surface area contributed by atoms with E-state index < -0.39 is 0 Å². The van der Waals surface area contributed by atoms with Gasteiger partial charge in [0.2, 0.25) is 5.76 Å². The number of aldehydes is 1. The Kier molecular flexibility index (Phi) is 1.22. The van der Waals surface area contributed by atoms with Crippen molar-refractivity contribution >= 4 is 12.1 Å². The SMILES string of the molecule is Cc1nc(N)c(C=O)o1. The second-order valence-electron chi connectivity index (χ2n) is 1.60. The number of oxazole rings is 1. The van der Waals surface area contributed by atoms with Crippen LogP contribution < -0.4 is 5.73 Å². The summed E-state index contributed by atoms with van der Waals surface area (Å²) >= 11 is 0. The molecule has 0 unspecified atom stereocenters. The summed E-state index contributed by atoms with van der Waals surface area (Å²) in [6.07, 6.45) is 0.537. The molecule has 0 aliphatic carbocycles. The van der Waals surface area contributed by atoms with Gasteiger partial charge in [0.15, 0.2) is 18.0 Å². The van der Waals surface area contributed by atoms with Crippen LogP contribution in [-0.2, 0) is 0 Å². The third-order valence-electron chi connectivity index (χ3n) is 0.895. The van der Waals surface area contributed by atoms with Crippen LogP contribution in [0, 0.1) is 6.92 Å². The van der Waals surface area contributed by atoms with E-state index in [0.29, 0.717) is 12.2 Å². The summed E-state index contributed by atoms with van der Waals surface area (Å²) in [4.78, 5) is 13.7. The lowest BCUT2D eigenvalue weighted by Crippen LogP contribution is -1.88. The van der Waals surface area contributed by atoms with Gasteiger partial charge >= 0.3 is 0 Å². The molecule has 0 fully saturated rings. The summed E-state index contributed by atoms with van der Waals surface area (Å²) in [5, 5.41) is 0. The number of aromatic nitrogens is 1. The maximum atomic E-state index is 10.0. The highest BCUT2D eigenvalue weighted by Crippen LogP contribution is 2.08. The van der Waals surface area contributed by atoms with Crippen LogP contribution in [0.15, 0.2) is 4.42 Å². The molecule has 9 heavy (non-hydrogen) atoms. The maximum absolute atomic E-state index is 10.0. The summed E-state index contributed by atoms with van der Waals surface area (Å²) in [6, 6.07) is 0. The lowest BCUT2D eigenvalue weighted by molar-refractivity contribution is 0.110. The molecule has 0 aliphatic rings. The Morgan fingerprint density at radius 1 is 1.78 bits per heavy atom. The van der Waals surface area contributed by atoms with Crippen molar-refractivity contribution in [2.24, 2.45) is 0 Å². The molecule has 0 saturated heterocycles. The minimum atomic E-state index is 0.104. The summed E-state index contributed by atoms with van der Waals surface area (Å²) in [6.45, 7) is 1.63. The second-order valence-corrected chi connectivity index (χ2v) is 1.60. The molecule has 0 amide bonds. The lowest BCUT2D eigenvalue weighted by Gasteiger charge is -1.77. The quantitative estimate of drug-likeness (QED) is 0.552. The molecule has 0 bridgehead atoms. The Morgan fingerprint density at radius 3 is 2.67 bits per heavy atom. The molecule has 1 heterocycles. The van der Waals surface area contributed by atoms with Crippen molar-refractivity contribution < 1.29 is 9.21 Å². The van der Waals surface area contributed by atoms with Gasteiger partial charge in [-0.3, -0.25) is 4.79 Å². The second kappa shape index (κ2) is 1.89. The molecule has 0 aliphatic heterocycles. The number of rotatable bonds is 1. The van der Waals surface area contributed by atoms with Crippen LogP contribution >= 0.6 is 0 Å². The van der Waals surface area contributed by atoms with Gasteiger partial charge in [0.1, 0.15) is 0 Å². The third kappa shape index (κ3) is 0.910. The van der Waals surface area contributed by atoms with Gasteiger partial charge in [0.05, 0.1) is 0 Å². The van der Waals surface area contributed by atoms with Gasteiger partial charge in [0.25, 0.3) is 0 Å². The molecule has 0 atom stereocenters. The number of anilines is 1.